The van der Waals surface area contributed by atoms with Crippen LogP contribution >= 0.6 is 12.6 Å². The lowest BCUT2D eigenvalue weighted by Crippen LogP contribution is -2.61. The summed E-state index contributed by atoms with van der Waals surface area (Å²) in [4.78, 5) is 27.5. The highest BCUT2D eigenvalue weighted by Gasteiger charge is 2.39. The van der Waals surface area contributed by atoms with Crippen LogP contribution in [-0.4, -0.2) is 53.0 Å². The minimum atomic E-state index is -0.200. The molecular weight excluding hydrogens is 236 g/mol. The molecule has 0 spiro atoms. The van der Waals surface area contributed by atoms with Crippen LogP contribution in [0.2, 0.25) is 0 Å². The molecule has 94 valence electrons. The molecule has 0 N–H and O–H groups in total. The van der Waals surface area contributed by atoms with Crippen LogP contribution in [0.25, 0.3) is 0 Å². The summed E-state index contributed by atoms with van der Waals surface area (Å²) in [6, 6.07) is -0.200. The largest absolute Gasteiger partial charge is 0.329 e. The number of fused-ring (bicyclic) bond motifs is 1. The number of hydrogen-bond donors (Lipinski definition) is 1. The maximum absolute atomic E-state index is 12.2. The zero-order chi connectivity index (χ0) is 12.3. The number of piperazine rings is 1. The van der Waals surface area contributed by atoms with E-state index in [0.29, 0.717) is 12.3 Å². The van der Waals surface area contributed by atoms with Crippen LogP contribution in [-0.2, 0) is 9.59 Å². The van der Waals surface area contributed by atoms with Crippen LogP contribution in [0.1, 0.15) is 19.3 Å². The Balaban J connectivity index is 2.03. The van der Waals surface area contributed by atoms with E-state index in [1.165, 1.54) is 0 Å². The van der Waals surface area contributed by atoms with Crippen LogP contribution < -0.4 is 0 Å². The van der Waals surface area contributed by atoms with Crippen molar-refractivity contribution in [2.45, 2.75) is 25.3 Å². The second-order valence-electron chi connectivity index (χ2n) is 4.47. The molecule has 0 radical (unpaired) electrons. The molecule has 0 saturated carbocycles. The molecule has 0 aliphatic carbocycles. The van der Waals surface area contributed by atoms with Gasteiger partial charge >= 0.3 is 0 Å². The lowest BCUT2D eigenvalue weighted by molar-refractivity contribution is -0.157. The van der Waals surface area contributed by atoms with Gasteiger partial charge in [0.25, 0.3) is 0 Å². The number of hydrogen-bond acceptors (Lipinski definition) is 3. The molecule has 0 aromatic carbocycles. The monoisotopic (exact) mass is 254 g/mol. The van der Waals surface area contributed by atoms with E-state index in [0.717, 1.165) is 25.8 Å². The highest BCUT2D eigenvalue weighted by molar-refractivity contribution is 7.80. The minimum absolute atomic E-state index is 0.0913. The van der Waals surface area contributed by atoms with Crippen molar-refractivity contribution in [3.8, 4) is 0 Å². The summed E-state index contributed by atoms with van der Waals surface area (Å²) < 4.78 is 0. The van der Waals surface area contributed by atoms with Gasteiger partial charge in [0.05, 0.1) is 0 Å². The van der Waals surface area contributed by atoms with Gasteiger partial charge in [-0.1, -0.05) is 12.2 Å². The summed E-state index contributed by atoms with van der Waals surface area (Å²) in [5, 5.41) is 0. The van der Waals surface area contributed by atoms with E-state index in [2.05, 4.69) is 12.6 Å². The predicted octanol–water partition coefficient (Wildman–Crippen LogP) is 0.696. The third kappa shape index (κ3) is 2.65. The van der Waals surface area contributed by atoms with Gasteiger partial charge in [0, 0.05) is 18.8 Å². The molecule has 0 bridgehead atoms. The third-order valence-electron chi connectivity index (χ3n) is 3.34. The molecule has 0 aromatic heterocycles. The van der Waals surface area contributed by atoms with Crippen molar-refractivity contribution in [3.05, 3.63) is 12.2 Å². The van der Waals surface area contributed by atoms with Crippen LogP contribution in [0.15, 0.2) is 12.2 Å². The van der Waals surface area contributed by atoms with Crippen molar-refractivity contribution >= 4 is 24.4 Å². The molecule has 2 aliphatic rings. The van der Waals surface area contributed by atoms with Crippen molar-refractivity contribution in [3.63, 3.8) is 0 Å². The van der Waals surface area contributed by atoms with E-state index in [-0.39, 0.29) is 24.4 Å². The van der Waals surface area contributed by atoms with Crippen LogP contribution in [0, 0.1) is 0 Å². The van der Waals surface area contributed by atoms with Gasteiger partial charge in [-0.2, -0.15) is 12.6 Å². The summed E-state index contributed by atoms with van der Waals surface area (Å²) in [5.74, 6) is 0.854. The van der Waals surface area contributed by atoms with Gasteiger partial charge in [-0.25, -0.2) is 0 Å². The van der Waals surface area contributed by atoms with Gasteiger partial charge in [-0.05, 0) is 19.3 Å². The molecule has 2 amide bonds. The van der Waals surface area contributed by atoms with Crippen LogP contribution in [0.4, 0.5) is 0 Å². The zero-order valence-corrected chi connectivity index (χ0v) is 10.7. The van der Waals surface area contributed by atoms with Gasteiger partial charge < -0.3 is 9.80 Å². The van der Waals surface area contributed by atoms with Crippen LogP contribution in [0.3, 0.4) is 0 Å². The molecule has 17 heavy (non-hydrogen) atoms. The number of nitrogens with zero attached hydrogens (tertiary/aromatic N) is 2. The number of carbonyl (C=O) groups is 2. The van der Waals surface area contributed by atoms with Crippen molar-refractivity contribution < 1.29 is 9.59 Å². The zero-order valence-electron chi connectivity index (χ0n) is 9.84. The van der Waals surface area contributed by atoms with E-state index < -0.39 is 0 Å². The van der Waals surface area contributed by atoms with E-state index in [4.69, 9.17) is 0 Å². The molecule has 0 aromatic rings. The molecule has 4 nitrogen and oxygen atoms in total. The Labute approximate surface area is 107 Å². The Kier molecular flexibility index (Phi) is 4.10. The SMILES string of the molecule is O=C1C2CCCCN2C(=O)CN1CC=CCS. The molecule has 1 unspecified atom stereocenters. The number of rotatable bonds is 3. The van der Waals surface area contributed by atoms with Gasteiger partial charge in [-0.15, -0.1) is 0 Å². The minimum Gasteiger partial charge on any atom is -0.329 e. The van der Waals surface area contributed by atoms with E-state index in [1.54, 1.807) is 9.80 Å². The predicted molar refractivity (Wildman–Crippen MR) is 68.9 cm³/mol. The Morgan fingerprint density at radius 1 is 1.29 bits per heavy atom. The molecule has 2 rings (SSSR count). The summed E-state index contributed by atoms with van der Waals surface area (Å²) in [6.07, 6.45) is 6.68. The van der Waals surface area contributed by atoms with E-state index in [1.807, 2.05) is 12.2 Å². The maximum Gasteiger partial charge on any atom is 0.246 e. The number of carbonyl (C=O) groups excluding carboxylic acids is 2. The summed E-state index contributed by atoms with van der Waals surface area (Å²) >= 11 is 4.07. The standard InChI is InChI=1S/C12H18N2O2S/c15-11-9-13(6-3-4-8-17)12(16)10-5-1-2-7-14(10)11/h3-4,10,17H,1-2,5-9H2. The van der Waals surface area contributed by atoms with Gasteiger partial charge in [0.2, 0.25) is 11.8 Å². The van der Waals surface area contributed by atoms with Crippen molar-refractivity contribution in [2.24, 2.45) is 0 Å². The van der Waals surface area contributed by atoms with Gasteiger partial charge in [-0.3, -0.25) is 9.59 Å². The summed E-state index contributed by atoms with van der Waals surface area (Å²) in [5.41, 5.74) is 0. The quantitative estimate of drug-likeness (QED) is 0.595. The second-order valence-corrected chi connectivity index (χ2v) is 4.84. The highest BCUT2D eigenvalue weighted by Crippen LogP contribution is 2.22. The topological polar surface area (TPSA) is 40.6 Å². The Morgan fingerprint density at radius 3 is 2.88 bits per heavy atom. The average Bonchev–Trinajstić information content (AvgIpc) is 2.36. The summed E-state index contributed by atoms with van der Waals surface area (Å²) in [6.45, 7) is 1.50. The normalized spacial score (nSPS) is 25.6. The molecule has 2 heterocycles. The molecular formula is C12H18N2O2S. The highest BCUT2D eigenvalue weighted by atomic mass is 32.1. The van der Waals surface area contributed by atoms with Crippen molar-refractivity contribution in [2.75, 3.05) is 25.4 Å². The maximum atomic E-state index is 12.2. The number of piperidine rings is 1. The van der Waals surface area contributed by atoms with Gasteiger partial charge in [0.1, 0.15) is 12.6 Å². The fourth-order valence-corrected chi connectivity index (χ4v) is 2.61. The molecule has 2 fully saturated rings. The Bertz CT molecular complexity index is 343. The first-order valence-electron chi connectivity index (χ1n) is 6.08. The lowest BCUT2D eigenvalue weighted by Gasteiger charge is -2.42. The lowest BCUT2D eigenvalue weighted by atomic mass is 9.98. The molecule has 2 saturated heterocycles. The van der Waals surface area contributed by atoms with Gasteiger partial charge in [0.15, 0.2) is 0 Å². The van der Waals surface area contributed by atoms with Crippen molar-refractivity contribution in [1.82, 2.24) is 9.80 Å². The van der Waals surface area contributed by atoms with Crippen molar-refractivity contribution in [1.29, 1.82) is 0 Å². The Morgan fingerprint density at radius 2 is 2.12 bits per heavy atom. The average molecular weight is 254 g/mol. The fraction of sp³-hybridized carbons (Fsp3) is 0.667. The second kappa shape index (κ2) is 5.58. The summed E-state index contributed by atoms with van der Waals surface area (Å²) in [7, 11) is 0. The van der Waals surface area contributed by atoms with E-state index in [9.17, 15) is 9.59 Å². The molecule has 1 atom stereocenters. The third-order valence-corrected chi connectivity index (χ3v) is 3.55. The molecule has 2 aliphatic heterocycles. The smallest absolute Gasteiger partial charge is 0.246 e. The Hall–Kier alpha value is -0.970. The first-order valence-corrected chi connectivity index (χ1v) is 6.71. The molecule has 5 heteroatoms. The van der Waals surface area contributed by atoms with Crippen LogP contribution in [0.5, 0.6) is 0 Å². The fourth-order valence-electron chi connectivity index (χ4n) is 2.46. The number of thiol groups is 1. The van der Waals surface area contributed by atoms with E-state index >= 15 is 0 Å². The first-order chi connectivity index (χ1) is 8.24. The first kappa shape index (κ1) is 12.5. The number of amides is 2.